The molecule has 1 saturated carbocycles. The lowest BCUT2D eigenvalue weighted by Crippen LogP contribution is -2.43. The number of aromatic nitrogens is 2. The smallest absolute Gasteiger partial charge is 0.130 e. The van der Waals surface area contributed by atoms with Gasteiger partial charge in [-0.2, -0.15) is 0 Å². The van der Waals surface area contributed by atoms with Crippen molar-refractivity contribution in [2.24, 2.45) is 11.7 Å². The first-order valence-corrected chi connectivity index (χ1v) is 7.86. The van der Waals surface area contributed by atoms with Crippen LogP contribution >= 0.6 is 11.6 Å². The molecule has 1 heterocycles. The number of nitrogens with zero attached hydrogens (tertiary/aromatic N) is 2. The van der Waals surface area contributed by atoms with Crippen molar-refractivity contribution >= 4 is 22.6 Å². The molecule has 3 rings (SSSR count). The van der Waals surface area contributed by atoms with Gasteiger partial charge in [-0.1, -0.05) is 31.4 Å². The molecule has 0 amide bonds. The fourth-order valence-corrected chi connectivity index (χ4v) is 3.76. The molecule has 1 aromatic heterocycles. The van der Waals surface area contributed by atoms with Crippen molar-refractivity contribution < 1.29 is 0 Å². The van der Waals surface area contributed by atoms with Crippen LogP contribution in [0.2, 0.25) is 5.02 Å². The molecule has 2 atom stereocenters. The van der Waals surface area contributed by atoms with Crippen molar-refractivity contribution in [3.8, 4) is 0 Å². The van der Waals surface area contributed by atoms with Crippen LogP contribution in [0.25, 0.3) is 11.0 Å². The molecule has 20 heavy (non-hydrogen) atoms. The Bertz CT molecular complexity index is 634. The maximum absolute atomic E-state index is 6.73. The molecule has 1 aliphatic rings. The molecule has 0 radical (unpaired) electrons. The Morgan fingerprint density at radius 2 is 2.30 bits per heavy atom. The molecule has 3 nitrogen and oxygen atoms in total. The molecule has 2 aromatic rings. The van der Waals surface area contributed by atoms with Crippen LogP contribution in [-0.4, -0.2) is 9.55 Å². The quantitative estimate of drug-likeness (QED) is 0.906. The molecule has 0 saturated heterocycles. The van der Waals surface area contributed by atoms with Crippen molar-refractivity contribution in [1.82, 2.24) is 9.55 Å². The van der Waals surface area contributed by atoms with Gasteiger partial charge < -0.3 is 10.3 Å². The summed E-state index contributed by atoms with van der Waals surface area (Å²) >= 11 is 6.13. The van der Waals surface area contributed by atoms with E-state index < -0.39 is 0 Å². The molecule has 1 fully saturated rings. The lowest BCUT2D eigenvalue weighted by Gasteiger charge is -2.36. The van der Waals surface area contributed by atoms with E-state index >= 15 is 0 Å². The van der Waals surface area contributed by atoms with Crippen molar-refractivity contribution in [2.45, 2.75) is 51.6 Å². The van der Waals surface area contributed by atoms with Crippen LogP contribution in [0.5, 0.6) is 0 Å². The topological polar surface area (TPSA) is 43.8 Å². The van der Waals surface area contributed by atoms with E-state index in [1.807, 2.05) is 18.2 Å². The molecule has 0 aliphatic heterocycles. The van der Waals surface area contributed by atoms with Gasteiger partial charge in [-0.25, -0.2) is 4.98 Å². The molecule has 108 valence electrons. The third kappa shape index (κ3) is 2.23. The lowest BCUT2D eigenvalue weighted by molar-refractivity contribution is 0.223. The summed E-state index contributed by atoms with van der Waals surface area (Å²) in [6.45, 7) is 5.30. The van der Waals surface area contributed by atoms with E-state index in [9.17, 15) is 0 Å². The van der Waals surface area contributed by atoms with E-state index in [4.69, 9.17) is 22.3 Å². The Morgan fingerprint density at radius 3 is 3.00 bits per heavy atom. The Kier molecular flexibility index (Phi) is 3.51. The van der Waals surface area contributed by atoms with Gasteiger partial charge in [0, 0.05) is 11.6 Å². The molecular formula is C16H22ClN3. The number of hydrogen-bond acceptors (Lipinski definition) is 2. The highest BCUT2D eigenvalue weighted by Crippen LogP contribution is 2.38. The zero-order chi connectivity index (χ0) is 14.3. The zero-order valence-corrected chi connectivity index (χ0v) is 13.0. The summed E-state index contributed by atoms with van der Waals surface area (Å²) in [6.07, 6.45) is 4.50. The van der Waals surface area contributed by atoms with Crippen LogP contribution < -0.4 is 5.73 Å². The largest absolute Gasteiger partial charge is 0.327 e. The number of aryl methyl sites for hydroxylation is 1. The van der Waals surface area contributed by atoms with Gasteiger partial charge in [0.1, 0.15) is 5.82 Å². The molecule has 4 heteroatoms. The molecule has 1 aliphatic carbocycles. The third-order valence-electron chi connectivity index (χ3n) is 4.50. The van der Waals surface area contributed by atoms with E-state index in [-0.39, 0.29) is 5.54 Å². The first kappa shape index (κ1) is 13.9. The number of rotatable bonds is 2. The summed E-state index contributed by atoms with van der Waals surface area (Å²) in [5.74, 6) is 1.70. The van der Waals surface area contributed by atoms with Gasteiger partial charge in [-0.3, -0.25) is 0 Å². The van der Waals surface area contributed by atoms with Crippen LogP contribution in [0.3, 0.4) is 0 Å². The predicted molar refractivity (Wildman–Crippen MR) is 83.9 cm³/mol. The van der Waals surface area contributed by atoms with Gasteiger partial charge >= 0.3 is 0 Å². The summed E-state index contributed by atoms with van der Waals surface area (Å²) in [4.78, 5) is 4.83. The SMILES string of the molecule is CCn1c(C2(N)CCCC(C)C2)nc2ccc(Cl)cc21. The summed E-state index contributed by atoms with van der Waals surface area (Å²) in [5, 5.41) is 0.752. The fourth-order valence-electron chi connectivity index (χ4n) is 3.59. The molecule has 1 aromatic carbocycles. The first-order valence-electron chi connectivity index (χ1n) is 7.48. The van der Waals surface area contributed by atoms with Gasteiger partial charge in [0.25, 0.3) is 0 Å². The van der Waals surface area contributed by atoms with E-state index in [0.29, 0.717) is 5.92 Å². The van der Waals surface area contributed by atoms with Crippen molar-refractivity contribution in [2.75, 3.05) is 0 Å². The van der Waals surface area contributed by atoms with E-state index in [1.54, 1.807) is 0 Å². The highest BCUT2D eigenvalue weighted by atomic mass is 35.5. The van der Waals surface area contributed by atoms with E-state index in [1.165, 1.54) is 12.8 Å². The standard InChI is InChI=1S/C16H22ClN3/c1-3-20-14-9-12(17)6-7-13(14)19-15(20)16(18)8-4-5-11(2)10-16/h6-7,9,11H,3-5,8,10,18H2,1-2H3. The van der Waals surface area contributed by atoms with Crippen LogP contribution in [0, 0.1) is 5.92 Å². The first-order chi connectivity index (χ1) is 9.53. The summed E-state index contributed by atoms with van der Waals surface area (Å²) in [6, 6.07) is 5.88. The molecular weight excluding hydrogens is 270 g/mol. The minimum Gasteiger partial charge on any atom is -0.327 e. The van der Waals surface area contributed by atoms with Crippen LogP contribution in [0.1, 0.15) is 45.4 Å². The number of nitrogens with two attached hydrogens (primary N) is 1. The Morgan fingerprint density at radius 1 is 1.50 bits per heavy atom. The highest BCUT2D eigenvalue weighted by molar-refractivity contribution is 6.31. The van der Waals surface area contributed by atoms with Crippen LogP contribution in [0.15, 0.2) is 18.2 Å². The Balaban J connectivity index is 2.15. The van der Waals surface area contributed by atoms with Crippen LogP contribution in [0.4, 0.5) is 0 Å². The van der Waals surface area contributed by atoms with E-state index in [2.05, 4.69) is 18.4 Å². The second kappa shape index (κ2) is 5.05. The maximum Gasteiger partial charge on any atom is 0.130 e. The molecule has 2 unspecified atom stereocenters. The summed E-state index contributed by atoms with van der Waals surface area (Å²) in [5.41, 5.74) is 8.53. The monoisotopic (exact) mass is 291 g/mol. The number of halogens is 1. The Labute approximate surface area is 125 Å². The van der Waals surface area contributed by atoms with Gasteiger partial charge in [0.2, 0.25) is 0 Å². The summed E-state index contributed by atoms with van der Waals surface area (Å²) in [7, 11) is 0. The zero-order valence-electron chi connectivity index (χ0n) is 12.2. The number of hydrogen-bond donors (Lipinski definition) is 1. The number of imidazole rings is 1. The maximum atomic E-state index is 6.73. The Hall–Kier alpha value is -1.06. The second-order valence-corrected chi connectivity index (χ2v) is 6.61. The van der Waals surface area contributed by atoms with Gasteiger partial charge in [-0.05, 0) is 43.9 Å². The van der Waals surface area contributed by atoms with E-state index in [0.717, 1.165) is 41.3 Å². The molecule has 0 bridgehead atoms. The van der Waals surface area contributed by atoms with Gasteiger partial charge in [0.05, 0.1) is 16.6 Å². The number of benzene rings is 1. The normalized spacial score (nSPS) is 27.1. The molecule has 2 N–H and O–H groups in total. The van der Waals surface area contributed by atoms with Crippen molar-refractivity contribution in [1.29, 1.82) is 0 Å². The minimum absolute atomic E-state index is 0.292. The van der Waals surface area contributed by atoms with Crippen molar-refractivity contribution in [3.63, 3.8) is 0 Å². The minimum atomic E-state index is -0.292. The lowest BCUT2D eigenvalue weighted by atomic mass is 9.76. The predicted octanol–water partition coefficient (Wildman–Crippen LogP) is 4.07. The summed E-state index contributed by atoms with van der Waals surface area (Å²) < 4.78 is 2.24. The molecule has 0 spiro atoms. The average molecular weight is 292 g/mol. The fraction of sp³-hybridized carbons (Fsp3) is 0.562. The second-order valence-electron chi connectivity index (χ2n) is 6.17. The number of fused-ring (bicyclic) bond motifs is 1. The van der Waals surface area contributed by atoms with Crippen LogP contribution in [-0.2, 0) is 12.1 Å². The van der Waals surface area contributed by atoms with Gasteiger partial charge in [0.15, 0.2) is 0 Å². The third-order valence-corrected chi connectivity index (χ3v) is 4.74. The van der Waals surface area contributed by atoms with Crippen molar-refractivity contribution in [3.05, 3.63) is 29.0 Å². The average Bonchev–Trinajstić information content (AvgIpc) is 2.77. The highest BCUT2D eigenvalue weighted by Gasteiger charge is 2.36. The van der Waals surface area contributed by atoms with Gasteiger partial charge in [-0.15, -0.1) is 0 Å².